The Balaban J connectivity index is 1.94. The number of fused-ring (bicyclic) bond motifs is 1. The quantitative estimate of drug-likeness (QED) is 0.304. The molecule has 6 nitrogen and oxygen atoms in total. The molecule has 0 aliphatic heterocycles. The van der Waals surface area contributed by atoms with Crippen LogP contribution in [0.15, 0.2) is 109 Å². The largest absolute Gasteiger partial charge is 0.341 e. The lowest BCUT2D eigenvalue weighted by molar-refractivity contribution is 0.102. The number of hydrogen-bond donors (Lipinski definition) is 2. The van der Waals surface area contributed by atoms with Gasteiger partial charge in [0.15, 0.2) is 11.1 Å². The van der Waals surface area contributed by atoms with Crippen LogP contribution in [0.3, 0.4) is 0 Å². The van der Waals surface area contributed by atoms with Gasteiger partial charge in [0.05, 0.1) is 5.39 Å². The summed E-state index contributed by atoms with van der Waals surface area (Å²) in [6.07, 6.45) is 4.99. The smallest absolute Gasteiger partial charge is 0.274 e. The van der Waals surface area contributed by atoms with Gasteiger partial charge in [-0.25, -0.2) is 4.98 Å². The first-order valence-corrected chi connectivity index (χ1v) is 11.2. The lowest BCUT2D eigenvalue weighted by Gasteiger charge is -2.19. The molecule has 0 saturated carbocycles. The first kappa shape index (κ1) is 23.7. The number of aromatic nitrogens is 2. The Morgan fingerprint density at radius 2 is 1.80 bits per heavy atom. The fourth-order valence-corrected chi connectivity index (χ4v) is 3.93. The monoisotopic (exact) mass is 482 g/mol. The third-order valence-corrected chi connectivity index (χ3v) is 5.52. The minimum absolute atomic E-state index is 0.168. The molecule has 7 heteroatoms. The molecular formula is C28H23ClN4O2. The van der Waals surface area contributed by atoms with E-state index in [4.69, 9.17) is 11.6 Å². The number of para-hydroxylation sites is 1. The van der Waals surface area contributed by atoms with Crippen LogP contribution in [0.2, 0.25) is 5.02 Å². The Morgan fingerprint density at radius 1 is 1.03 bits per heavy atom. The van der Waals surface area contributed by atoms with Crippen molar-refractivity contribution in [3.63, 3.8) is 0 Å². The molecule has 0 aliphatic rings. The predicted octanol–water partition coefficient (Wildman–Crippen LogP) is 6.27. The maximum absolute atomic E-state index is 13.2. The third-order valence-electron chi connectivity index (χ3n) is 5.28. The van der Waals surface area contributed by atoms with Crippen LogP contribution < -0.4 is 16.1 Å². The number of nitrogens with one attached hydrogen (secondary N) is 2. The Labute approximate surface area is 207 Å². The molecule has 2 aromatic heterocycles. The van der Waals surface area contributed by atoms with Gasteiger partial charge < -0.3 is 10.6 Å². The highest BCUT2D eigenvalue weighted by atomic mass is 35.5. The van der Waals surface area contributed by atoms with Crippen molar-refractivity contribution in [1.29, 1.82) is 0 Å². The minimum atomic E-state index is -0.416. The number of amides is 1. The second kappa shape index (κ2) is 10.2. The second-order valence-electron chi connectivity index (χ2n) is 7.74. The molecule has 4 rings (SSSR count). The van der Waals surface area contributed by atoms with Crippen LogP contribution in [0, 0.1) is 6.92 Å². The van der Waals surface area contributed by atoms with Crippen molar-refractivity contribution in [2.24, 2.45) is 0 Å². The van der Waals surface area contributed by atoms with E-state index in [0.29, 0.717) is 38.8 Å². The number of anilines is 2. The van der Waals surface area contributed by atoms with Gasteiger partial charge in [-0.3, -0.25) is 14.2 Å². The molecule has 0 fully saturated rings. The molecule has 0 aliphatic carbocycles. The van der Waals surface area contributed by atoms with Crippen molar-refractivity contribution in [2.75, 3.05) is 10.6 Å². The molecule has 35 heavy (non-hydrogen) atoms. The van der Waals surface area contributed by atoms with Crippen molar-refractivity contribution < 1.29 is 4.79 Å². The summed E-state index contributed by atoms with van der Waals surface area (Å²) >= 11 is 6.05. The lowest BCUT2D eigenvalue weighted by Crippen LogP contribution is -2.19. The molecule has 0 bridgehead atoms. The minimum Gasteiger partial charge on any atom is -0.341 e. The number of nitrogens with zero attached hydrogens (tertiary/aromatic N) is 2. The number of pyridine rings is 2. The summed E-state index contributed by atoms with van der Waals surface area (Å²) in [7, 11) is 0. The second-order valence-corrected chi connectivity index (χ2v) is 8.18. The molecule has 0 saturated heterocycles. The number of rotatable bonds is 7. The summed E-state index contributed by atoms with van der Waals surface area (Å²) in [5.41, 5.74) is 2.90. The molecule has 2 aromatic carbocycles. The molecule has 2 N–H and O–H groups in total. The van der Waals surface area contributed by atoms with E-state index >= 15 is 0 Å². The van der Waals surface area contributed by atoms with Crippen LogP contribution in [-0.2, 0) is 0 Å². The topological polar surface area (TPSA) is 76.0 Å². The first-order chi connectivity index (χ1) is 16.9. The van der Waals surface area contributed by atoms with Crippen LogP contribution >= 0.6 is 11.6 Å². The van der Waals surface area contributed by atoms with E-state index in [2.05, 4.69) is 28.8 Å². The Kier molecular flexibility index (Phi) is 6.94. The van der Waals surface area contributed by atoms with Gasteiger partial charge in [-0.1, -0.05) is 55.1 Å². The molecule has 0 spiro atoms. The number of allylic oxidation sites excluding steroid dienone is 3. The van der Waals surface area contributed by atoms with Crippen molar-refractivity contribution >= 4 is 40.0 Å². The number of benzene rings is 2. The molecule has 0 radical (unpaired) electrons. The van der Waals surface area contributed by atoms with Gasteiger partial charge in [0, 0.05) is 28.2 Å². The molecule has 4 aromatic rings. The number of aryl methyl sites for hydroxylation is 1. The van der Waals surface area contributed by atoms with Gasteiger partial charge in [-0.15, -0.1) is 0 Å². The standard InChI is InChI=1S/C28H23ClN4O2/c1-4-10-20(5-2)30-25-17-24(34)26-18(3)15-23(28(35)31-21-12-9-11-19(29)16-21)32-27(26)33(25)22-13-7-6-8-14-22/h4-17,30H,1-2H2,3H3,(H,31,35)/b20-10+. The number of carbonyl (C=O) groups is 1. The van der Waals surface area contributed by atoms with Gasteiger partial charge >= 0.3 is 0 Å². The number of halogens is 1. The van der Waals surface area contributed by atoms with Crippen LogP contribution in [-0.4, -0.2) is 15.5 Å². The highest BCUT2D eigenvalue weighted by molar-refractivity contribution is 6.31. The summed E-state index contributed by atoms with van der Waals surface area (Å²) in [5.74, 6) is 0.0574. The maximum atomic E-state index is 13.2. The average molecular weight is 483 g/mol. The number of hydrogen-bond acceptors (Lipinski definition) is 4. The zero-order valence-electron chi connectivity index (χ0n) is 19.1. The highest BCUT2D eigenvalue weighted by Crippen LogP contribution is 2.25. The van der Waals surface area contributed by atoms with E-state index in [1.165, 1.54) is 6.07 Å². The predicted molar refractivity (Wildman–Crippen MR) is 144 cm³/mol. The van der Waals surface area contributed by atoms with Crippen molar-refractivity contribution in [3.05, 3.63) is 130 Å². The summed E-state index contributed by atoms with van der Waals surface area (Å²) in [4.78, 5) is 30.9. The van der Waals surface area contributed by atoms with Crippen LogP contribution in [0.25, 0.3) is 16.7 Å². The lowest BCUT2D eigenvalue weighted by atomic mass is 10.1. The fraction of sp³-hybridized carbons (Fsp3) is 0.0357. The van der Waals surface area contributed by atoms with Crippen molar-refractivity contribution in [3.8, 4) is 5.69 Å². The van der Waals surface area contributed by atoms with E-state index < -0.39 is 5.91 Å². The van der Waals surface area contributed by atoms with Gasteiger partial charge in [0.1, 0.15) is 11.5 Å². The molecular weight excluding hydrogens is 460 g/mol. The first-order valence-electron chi connectivity index (χ1n) is 10.8. The van der Waals surface area contributed by atoms with Gasteiger partial charge in [0.25, 0.3) is 5.91 Å². The molecule has 1 amide bonds. The zero-order chi connectivity index (χ0) is 24.9. The summed E-state index contributed by atoms with van der Waals surface area (Å²) in [6, 6.07) is 19.5. The Hall–Kier alpha value is -4.42. The third kappa shape index (κ3) is 5.08. The molecule has 0 atom stereocenters. The van der Waals surface area contributed by atoms with Crippen molar-refractivity contribution in [1.82, 2.24) is 9.55 Å². The summed E-state index contributed by atoms with van der Waals surface area (Å²) in [6.45, 7) is 9.33. The van der Waals surface area contributed by atoms with Crippen LogP contribution in [0.1, 0.15) is 16.1 Å². The van der Waals surface area contributed by atoms with E-state index in [1.807, 2.05) is 30.3 Å². The van der Waals surface area contributed by atoms with E-state index in [9.17, 15) is 9.59 Å². The summed E-state index contributed by atoms with van der Waals surface area (Å²) < 4.78 is 1.81. The molecule has 2 heterocycles. The normalized spacial score (nSPS) is 11.2. The van der Waals surface area contributed by atoms with E-state index in [0.717, 1.165) is 5.69 Å². The highest BCUT2D eigenvalue weighted by Gasteiger charge is 2.18. The van der Waals surface area contributed by atoms with E-state index in [-0.39, 0.29) is 11.1 Å². The molecule has 0 unspecified atom stereocenters. The SMILES string of the molecule is C=C/C=C(\C=C)Nc1cc(=O)c2c(C)cc(C(=O)Nc3cccc(Cl)c3)nc2n1-c1ccccc1. The Bertz CT molecular complexity index is 1540. The summed E-state index contributed by atoms with van der Waals surface area (Å²) in [5, 5.41) is 6.97. The Morgan fingerprint density at radius 3 is 2.49 bits per heavy atom. The van der Waals surface area contributed by atoms with Crippen molar-refractivity contribution in [2.45, 2.75) is 6.92 Å². The van der Waals surface area contributed by atoms with Crippen LogP contribution in [0.4, 0.5) is 11.5 Å². The van der Waals surface area contributed by atoms with E-state index in [1.54, 1.807) is 60.1 Å². The number of carbonyl (C=O) groups excluding carboxylic acids is 1. The van der Waals surface area contributed by atoms with Gasteiger partial charge in [-0.05, 0) is 61.0 Å². The van der Waals surface area contributed by atoms with Crippen LogP contribution in [0.5, 0.6) is 0 Å². The maximum Gasteiger partial charge on any atom is 0.274 e. The fourth-order valence-electron chi connectivity index (χ4n) is 3.74. The zero-order valence-corrected chi connectivity index (χ0v) is 19.8. The van der Waals surface area contributed by atoms with Gasteiger partial charge in [0.2, 0.25) is 0 Å². The molecule has 174 valence electrons. The average Bonchev–Trinajstić information content (AvgIpc) is 2.84. The van der Waals surface area contributed by atoms with Gasteiger partial charge in [-0.2, -0.15) is 0 Å².